The molecule has 1 N–H and O–H groups in total. The van der Waals surface area contributed by atoms with Crippen LogP contribution in [0.15, 0.2) is 18.2 Å². The van der Waals surface area contributed by atoms with Crippen molar-refractivity contribution in [2.75, 3.05) is 18.5 Å². The number of hydrogen-bond acceptors (Lipinski definition) is 3. The first kappa shape index (κ1) is 13.4. The molecule has 4 nitrogen and oxygen atoms in total. The highest BCUT2D eigenvalue weighted by Crippen LogP contribution is 2.27. The summed E-state index contributed by atoms with van der Waals surface area (Å²) in [5.41, 5.74) is 3.82. The molecule has 20 heavy (non-hydrogen) atoms. The zero-order chi connectivity index (χ0) is 14.3. The van der Waals surface area contributed by atoms with Crippen LogP contribution < -0.4 is 10.2 Å². The van der Waals surface area contributed by atoms with Crippen molar-refractivity contribution in [3.63, 3.8) is 0 Å². The van der Waals surface area contributed by atoms with Crippen LogP contribution in [0.2, 0.25) is 0 Å². The van der Waals surface area contributed by atoms with Crippen molar-refractivity contribution >= 4 is 28.9 Å². The molecule has 106 valence electrons. The number of aryl methyl sites for hydroxylation is 1. The van der Waals surface area contributed by atoms with Crippen LogP contribution in [0.5, 0.6) is 0 Å². The Bertz CT molecular complexity index is 572. The second-order valence-electron chi connectivity index (χ2n) is 5.58. The molecular formula is C15H19N3OS. The van der Waals surface area contributed by atoms with E-state index in [1.807, 2.05) is 6.92 Å². The standard InChI is InChI=1S/C15H19N3OS/c1-10-14(19)18(15(20)16-10)9-11-5-6-13-12(8-11)4-3-7-17(13)2/h5-6,8,10H,3-4,7,9H2,1-2H3,(H,16,20)/t10-/m0/s1. The molecule has 2 heterocycles. The Morgan fingerprint density at radius 2 is 2.25 bits per heavy atom. The molecule has 0 bridgehead atoms. The maximum absolute atomic E-state index is 12.0. The average Bonchev–Trinajstić information content (AvgIpc) is 2.66. The highest BCUT2D eigenvalue weighted by Gasteiger charge is 2.32. The molecule has 5 heteroatoms. The molecule has 1 atom stereocenters. The van der Waals surface area contributed by atoms with Gasteiger partial charge in [-0.3, -0.25) is 9.69 Å². The van der Waals surface area contributed by atoms with Crippen LogP contribution in [0, 0.1) is 0 Å². The first-order valence-corrected chi connectivity index (χ1v) is 7.42. The van der Waals surface area contributed by atoms with Gasteiger partial charge >= 0.3 is 0 Å². The third-order valence-electron chi connectivity index (χ3n) is 4.06. The molecule has 1 aromatic carbocycles. The summed E-state index contributed by atoms with van der Waals surface area (Å²) in [5, 5.41) is 3.55. The van der Waals surface area contributed by atoms with E-state index < -0.39 is 0 Å². The number of carbonyl (C=O) groups excluding carboxylic acids is 1. The van der Waals surface area contributed by atoms with Crippen molar-refractivity contribution in [3.8, 4) is 0 Å². The Kier molecular flexibility index (Phi) is 3.38. The van der Waals surface area contributed by atoms with E-state index in [-0.39, 0.29) is 11.9 Å². The van der Waals surface area contributed by atoms with Crippen LogP contribution in [-0.4, -0.2) is 35.6 Å². The second kappa shape index (κ2) is 5.05. The highest BCUT2D eigenvalue weighted by molar-refractivity contribution is 7.80. The van der Waals surface area contributed by atoms with Gasteiger partial charge in [0.1, 0.15) is 6.04 Å². The molecular weight excluding hydrogens is 270 g/mol. The largest absolute Gasteiger partial charge is 0.374 e. The summed E-state index contributed by atoms with van der Waals surface area (Å²) in [4.78, 5) is 16.0. The Hall–Kier alpha value is -1.62. The van der Waals surface area contributed by atoms with Gasteiger partial charge in [-0.2, -0.15) is 0 Å². The molecule has 3 rings (SSSR count). The van der Waals surface area contributed by atoms with E-state index in [4.69, 9.17) is 12.2 Å². The zero-order valence-corrected chi connectivity index (χ0v) is 12.7. The predicted molar refractivity (Wildman–Crippen MR) is 83.8 cm³/mol. The Morgan fingerprint density at radius 3 is 2.95 bits per heavy atom. The molecule has 0 radical (unpaired) electrons. The van der Waals surface area contributed by atoms with Gasteiger partial charge in [-0.05, 0) is 49.2 Å². The van der Waals surface area contributed by atoms with Crippen molar-refractivity contribution in [1.29, 1.82) is 0 Å². The number of anilines is 1. The number of amides is 1. The van der Waals surface area contributed by atoms with Crippen LogP contribution in [0.1, 0.15) is 24.5 Å². The lowest BCUT2D eigenvalue weighted by molar-refractivity contribution is -0.127. The van der Waals surface area contributed by atoms with Gasteiger partial charge in [0, 0.05) is 19.3 Å². The van der Waals surface area contributed by atoms with Crippen molar-refractivity contribution in [3.05, 3.63) is 29.3 Å². The van der Waals surface area contributed by atoms with Crippen molar-refractivity contribution in [2.24, 2.45) is 0 Å². The van der Waals surface area contributed by atoms with Gasteiger partial charge in [0.05, 0.1) is 6.54 Å². The normalized spacial score (nSPS) is 22.0. The van der Waals surface area contributed by atoms with Gasteiger partial charge in [0.25, 0.3) is 5.91 Å². The third kappa shape index (κ3) is 2.26. The van der Waals surface area contributed by atoms with E-state index in [0.29, 0.717) is 11.7 Å². The van der Waals surface area contributed by atoms with E-state index in [0.717, 1.165) is 18.5 Å². The van der Waals surface area contributed by atoms with Gasteiger partial charge in [-0.25, -0.2) is 0 Å². The maximum Gasteiger partial charge on any atom is 0.251 e. The third-order valence-corrected chi connectivity index (χ3v) is 4.40. The molecule has 1 aromatic rings. The minimum Gasteiger partial charge on any atom is -0.374 e. The van der Waals surface area contributed by atoms with Crippen LogP contribution in [0.4, 0.5) is 5.69 Å². The van der Waals surface area contributed by atoms with Gasteiger partial charge in [-0.15, -0.1) is 0 Å². The first-order valence-electron chi connectivity index (χ1n) is 7.01. The fourth-order valence-corrected chi connectivity index (χ4v) is 3.26. The smallest absolute Gasteiger partial charge is 0.251 e. The molecule has 0 saturated carbocycles. The van der Waals surface area contributed by atoms with Gasteiger partial charge < -0.3 is 10.2 Å². The van der Waals surface area contributed by atoms with Crippen molar-refractivity contribution in [2.45, 2.75) is 32.4 Å². The number of rotatable bonds is 2. The van der Waals surface area contributed by atoms with Gasteiger partial charge in [0.15, 0.2) is 5.11 Å². The number of fused-ring (bicyclic) bond motifs is 1. The van der Waals surface area contributed by atoms with Crippen molar-refractivity contribution < 1.29 is 4.79 Å². The Balaban J connectivity index is 1.82. The molecule has 0 aliphatic carbocycles. The number of nitrogens with one attached hydrogen (secondary N) is 1. The molecule has 0 aromatic heterocycles. The summed E-state index contributed by atoms with van der Waals surface area (Å²) in [6, 6.07) is 6.26. The fourth-order valence-electron chi connectivity index (χ4n) is 2.93. The number of thiocarbonyl (C=S) groups is 1. The number of nitrogens with zero attached hydrogens (tertiary/aromatic N) is 2. The number of benzene rings is 1. The quantitative estimate of drug-likeness (QED) is 0.840. The molecule has 0 spiro atoms. The van der Waals surface area contributed by atoms with E-state index in [2.05, 4.69) is 35.5 Å². The van der Waals surface area contributed by atoms with Crippen LogP contribution in [-0.2, 0) is 17.8 Å². The minimum absolute atomic E-state index is 0.0600. The first-order chi connectivity index (χ1) is 9.56. The lowest BCUT2D eigenvalue weighted by Gasteiger charge is -2.28. The summed E-state index contributed by atoms with van der Waals surface area (Å²) >= 11 is 5.22. The summed E-state index contributed by atoms with van der Waals surface area (Å²) in [6.45, 7) is 3.52. The van der Waals surface area contributed by atoms with Gasteiger partial charge in [0.2, 0.25) is 0 Å². The Morgan fingerprint density at radius 1 is 1.45 bits per heavy atom. The zero-order valence-electron chi connectivity index (χ0n) is 11.8. The topological polar surface area (TPSA) is 35.6 Å². The van der Waals surface area contributed by atoms with Gasteiger partial charge in [-0.1, -0.05) is 12.1 Å². The predicted octanol–water partition coefficient (Wildman–Crippen LogP) is 1.67. The van der Waals surface area contributed by atoms with Crippen LogP contribution in [0.3, 0.4) is 0 Å². The lowest BCUT2D eigenvalue weighted by Crippen LogP contribution is -2.30. The molecule has 2 aliphatic heterocycles. The molecule has 0 unspecified atom stereocenters. The SMILES string of the molecule is C[C@@H]1NC(=S)N(Cc2ccc3c(c2)CCCN3C)C1=O. The summed E-state index contributed by atoms with van der Waals surface area (Å²) < 4.78 is 0. The summed E-state index contributed by atoms with van der Waals surface area (Å²) in [6.07, 6.45) is 2.30. The van der Waals surface area contributed by atoms with Crippen LogP contribution in [0.25, 0.3) is 0 Å². The van der Waals surface area contributed by atoms with E-state index in [9.17, 15) is 4.79 Å². The molecule has 1 fully saturated rings. The number of hydrogen-bond donors (Lipinski definition) is 1. The average molecular weight is 289 g/mol. The molecule has 1 amide bonds. The van der Waals surface area contributed by atoms with E-state index in [1.165, 1.54) is 17.7 Å². The minimum atomic E-state index is -0.203. The van der Waals surface area contributed by atoms with E-state index in [1.54, 1.807) is 4.90 Å². The Labute approximate surface area is 124 Å². The summed E-state index contributed by atoms with van der Waals surface area (Å²) in [7, 11) is 2.13. The van der Waals surface area contributed by atoms with Crippen molar-refractivity contribution in [1.82, 2.24) is 10.2 Å². The molecule has 1 saturated heterocycles. The second-order valence-corrected chi connectivity index (χ2v) is 5.97. The molecule has 2 aliphatic rings. The highest BCUT2D eigenvalue weighted by atomic mass is 32.1. The number of carbonyl (C=O) groups is 1. The summed E-state index contributed by atoms with van der Waals surface area (Å²) in [5.74, 6) is 0.0600. The van der Waals surface area contributed by atoms with E-state index >= 15 is 0 Å². The maximum atomic E-state index is 12.0. The lowest BCUT2D eigenvalue weighted by atomic mass is 9.99. The fraction of sp³-hybridized carbons (Fsp3) is 0.467. The monoisotopic (exact) mass is 289 g/mol. The van der Waals surface area contributed by atoms with Crippen LogP contribution >= 0.6 is 12.2 Å².